The Bertz CT molecular complexity index is 734. The molecule has 0 aliphatic heterocycles. The van der Waals surface area contributed by atoms with Gasteiger partial charge < -0.3 is 10.1 Å². The van der Waals surface area contributed by atoms with Gasteiger partial charge in [-0.15, -0.1) is 0 Å². The normalized spacial score (nSPS) is 25.7. The number of hydrogen-bond acceptors (Lipinski definition) is 5. The first kappa shape index (κ1) is 18.1. The number of nitrogens with zero attached hydrogens (tertiary/aromatic N) is 1. The average Bonchev–Trinajstić information content (AvgIpc) is 2.62. The number of anilines is 1. The molecule has 1 unspecified atom stereocenters. The van der Waals surface area contributed by atoms with E-state index in [1.54, 1.807) is 24.3 Å². The second-order valence-corrected chi connectivity index (χ2v) is 7.15. The molecule has 1 aromatic carbocycles. The highest BCUT2D eigenvalue weighted by molar-refractivity contribution is 5.95. The Kier molecular flexibility index (Phi) is 5.36. The maximum absolute atomic E-state index is 12.4. The lowest BCUT2D eigenvalue weighted by Gasteiger charge is -2.36. The largest absolute Gasteiger partial charge is 0.452 e. The second-order valence-electron chi connectivity index (χ2n) is 7.15. The van der Waals surface area contributed by atoms with Crippen molar-refractivity contribution < 1.29 is 19.1 Å². The van der Waals surface area contributed by atoms with E-state index < -0.39 is 18.0 Å². The molecular formula is C20H22N2O4. The number of ether oxygens (including phenoxy) is 1. The quantitative estimate of drug-likeness (QED) is 0.839. The van der Waals surface area contributed by atoms with E-state index in [4.69, 9.17) is 10.00 Å². The number of Topliss-reactive ketones (excluding diaryl/α,β-unsaturated/α-hetero) is 1. The summed E-state index contributed by atoms with van der Waals surface area (Å²) < 4.78 is 5.35. The highest BCUT2D eigenvalue weighted by Crippen LogP contribution is 2.40. The molecule has 6 nitrogen and oxygen atoms in total. The number of nitrogens with one attached hydrogen (secondary N) is 1. The summed E-state index contributed by atoms with van der Waals surface area (Å²) in [6.45, 7) is 1.53. The number of hydrogen-bond donors (Lipinski definition) is 1. The summed E-state index contributed by atoms with van der Waals surface area (Å²) >= 11 is 0. The van der Waals surface area contributed by atoms with Crippen molar-refractivity contribution in [2.45, 2.75) is 45.1 Å². The SMILES string of the molecule is C[C@H](OC(=O)C1C[C@H]2CCC[C@@H](C1)C2=O)C(=O)Nc1ccc(C#N)cc1. The van der Waals surface area contributed by atoms with Gasteiger partial charge in [0.2, 0.25) is 0 Å². The van der Waals surface area contributed by atoms with Crippen LogP contribution in [0.2, 0.25) is 0 Å². The van der Waals surface area contributed by atoms with Crippen molar-refractivity contribution in [1.82, 2.24) is 0 Å². The first-order valence-electron chi connectivity index (χ1n) is 9.03. The number of esters is 1. The van der Waals surface area contributed by atoms with Crippen LogP contribution in [-0.4, -0.2) is 23.8 Å². The van der Waals surface area contributed by atoms with E-state index in [0.717, 1.165) is 19.3 Å². The van der Waals surface area contributed by atoms with Crippen LogP contribution in [0.25, 0.3) is 0 Å². The van der Waals surface area contributed by atoms with Gasteiger partial charge in [-0.2, -0.15) is 5.26 Å². The van der Waals surface area contributed by atoms with E-state index in [1.807, 2.05) is 6.07 Å². The van der Waals surface area contributed by atoms with E-state index in [9.17, 15) is 14.4 Å². The molecule has 0 aromatic heterocycles. The Morgan fingerprint density at radius 2 is 1.81 bits per heavy atom. The third kappa shape index (κ3) is 3.93. The molecule has 2 aliphatic rings. The number of fused-ring (bicyclic) bond motifs is 2. The van der Waals surface area contributed by atoms with Crippen molar-refractivity contribution >= 4 is 23.3 Å². The van der Waals surface area contributed by atoms with Crippen molar-refractivity contribution in [2.75, 3.05) is 5.32 Å². The molecule has 1 aromatic rings. The van der Waals surface area contributed by atoms with Crippen molar-refractivity contribution in [3.05, 3.63) is 29.8 Å². The average molecular weight is 354 g/mol. The number of nitriles is 1. The lowest BCUT2D eigenvalue weighted by molar-refractivity contribution is -0.161. The first-order valence-corrected chi connectivity index (χ1v) is 9.03. The lowest BCUT2D eigenvalue weighted by Crippen LogP contribution is -2.41. The van der Waals surface area contributed by atoms with Gasteiger partial charge in [0.1, 0.15) is 5.78 Å². The van der Waals surface area contributed by atoms with Gasteiger partial charge in [0.05, 0.1) is 17.6 Å². The summed E-state index contributed by atoms with van der Waals surface area (Å²) in [5.41, 5.74) is 1.04. The van der Waals surface area contributed by atoms with Gasteiger partial charge in [-0.3, -0.25) is 14.4 Å². The molecule has 136 valence electrons. The van der Waals surface area contributed by atoms with E-state index >= 15 is 0 Å². The number of carbonyl (C=O) groups excluding carboxylic acids is 3. The Morgan fingerprint density at radius 3 is 2.38 bits per heavy atom. The molecule has 0 radical (unpaired) electrons. The summed E-state index contributed by atoms with van der Waals surface area (Å²) in [5.74, 6) is -0.863. The Morgan fingerprint density at radius 1 is 1.19 bits per heavy atom. The monoisotopic (exact) mass is 354 g/mol. The Balaban J connectivity index is 1.54. The van der Waals surface area contributed by atoms with Crippen LogP contribution >= 0.6 is 0 Å². The minimum atomic E-state index is -0.921. The summed E-state index contributed by atoms with van der Waals surface area (Å²) in [6.07, 6.45) is 2.92. The molecule has 2 fully saturated rings. The molecule has 0 heterocycles. The summed E-state index contributed by atoms with van der Waals surface area (Å²) in [6, 6.07) is 8.46. The fraction of sp³-hybridized carbons (Fsp3) is 0.500. The molecule has 2 saturated carbocycles. The van der Waals surface area contributed by atoms with Gasteiger partial charge in [0, 0.05) is 17.5 Å². The molecule has 0 spiro atoms. The smallest absolute Gasteiger partial charge is 0.309 e. The highest BCUT2D eigenvalue weighted by atomic mass is 16.5. The Hall–Kier alpha value is -2.68. The molecule has 26 heavy (non-hydrogen) atoms. The third-order valence-corrected chi connectivity index (χ3v) is 5.33. The van der Waals surface area contributed by atoms with Crippen LogP contribution in [0.3, 0.4) is 0 Å². The topological polar surface area (TPSA) is 96.3 Å². The lowest BCUT2D eigenvalue weighted by atomic mass is 9.67. The molecule has 0 saturated heterocycles. The molecule has 1 N–H and O–H groups in total. The molecule has 2 aliphatic carbocycles. The van der Waals surface area contributed by atoms with Crippen LogP contribution < -0.4 is 5.32 Å². The van der Waals surface area contributed by atoms with Crippen LogP contribution in [0.4, 0.5) is 5.69 Å². The fourth-order valence-corrected chi connectivity index (χ4v) is 3.87. The minimum Gasteiger partial charge on any atom is -0.452 e. The second kappa shape index (κ2) is 7.69. The van der Waals surface area contributed by atoms with Crippen LogP contribution in [0.1, 0.15) is 44.6 Å². The van der Waals surface area contributed by atoms with E-state index in [-0.39, 0.29) is 17.8 Å². The van der Waals surface area contributed by atoms with Crippen LogP contribution in [0.5, 0.6) is 0 Å². The predicted molar refractivity (Wildman–Crippen MR) is 93.9 cm³/mol. The molecule has 6 heteroatoms. The van der Waals surface area contributed by atoms with Gasteiger partial charge in [0.15, 0.2) is 6.10 Å². The van der Waals surface area contributed by atoms with Gasteiger partial charge in [-0.1, -0.05) is 6.42 Å². The summed E-state index contributed by atoms with van der Waals surface area (Å²) in [4.78, 5) is 36.8. The molecule has 1 amide bonds. The Labute approximate surface area is 152 Å². The summed E-state index contributed by atoms with van der Waals surface area (Å²) in [7, 11) is 0. The maximum atomic E-state index is 12.4. The third-order valence-electron chi connectivity index (χ3n) is 5.33. The van der Waals surface area contributed by atoms with Crippen molar-refractivity contribution in [1.29, 1.82) is 5.26 Å². The van der Waals surface area contributed by atoms with Crippen molar-refractivity contribution in [3.63, 3.8) is 0 Å². The van der Waals surface area contributed by atoms with E-state index in [0.29, 0.717) is 29.9 Å². The van der Waals surface area contributed by atoms with Crippen LogP contribution in [0, 0.1) is 29.1 Å². The number of amides is 1. The van der Waals surface area contributed by atoms with Gasteiger partial charge >= 0.3 is 5.97 Å². The van der Waals surface area contributed by atoms with Gasteiger partial charge in [0.25, 0.3) is 5.91 Å². The first-order chi connectivity index (χ1) is 12.5. The fourth-order valence-electron chi connectivity index (χ4n) is 3.87. The van der Waals surface area contributed by atoms with Crippen molar-refractivity contribution in [2.24, 2.45) is 17.8 Å². The zero-order valence-electron chi connectivity index (χ0n) is 14.7. The van der Waals surface area contributed by atoms with E-state index in [2.05, 4.69) is 5.32 Å². The van der Waals surface area contributed by atoms with Crippen LogP contribution in [-0.2, 0) is 19.1 Å². The van der Waals surface area contributed by atoms with Gasteiger partial charge in [-0.05, 0) is 56.9 Å². The maximum Gasteiger partial charge on any atom is 0.309 e. The minimum absolute atomic E-state index is 0.0252. The number of rotatable bonds is 4. The van der Waals surface area contributed by atoms with Crippen molar-refractivity contribution in [3.8, 4) is 6.07 Å². The molecule has 3 rings (SSSR count). The zero-order chi connectivity index (χ0) is 18.7. The number of benzene rings is 1. The zero-order valence-corrected chi connectivity index (χ0v) is 14.7. The number of ketones is 1. The number of carbonyl (C=O) groups is 3. The van der Waals surface area contributed by atoms with Gasteiger partial charge in [-0.25, -0.2) is 0 Å². The molecule has 4 atom stereocenters. The highest BCUT2D eigenvalue weighted by Gasteiger charge is 2.42. The van der Waals surface area contributed by atoms with E-state index in [1.165, 1.54) is 6.92 Å². The molecule has 2 bridgehead atoms. The molecular weight excluding hydrogens is 332 g/mol. The predicted octanol–water partition coefficient (Wildman–Crippen LogP) is 2.82. The standard InChI is InChI=1S/C20H22N2O4/c1-12(19(24)22-17-7-5-13(11-21)6-8-17)26-20(25)16-9-14-3-2-4-15(10-16)18(14)23/h5-8,12,14-16H,2-4,9-10H2,1H3,(H,22,24)/t12-,14-,15+,16?/m0/s1. The summed E-state index contributed by atoms with van der Waals surface area (Å²) in [5, 5.41) is 11.4. The van der Waals surface area contributed by atoms with Crippen LogP contribution in [0.15, 0.2) is 24.3 Å².